The molecule has 8 heteroatoms. The summed E-state index contributed by atoms with van der Waals surface area (Å²) in [6, 6.07) is 10.2. The molecule has 0 unspecified atom stereocenters. The van der Waals surface area contributed by atoms with Crippen molar-refractivity contribution in [2.24, 2.45) is 7.05 Å². The van der Waals surface area contributed by atoms with Crippen molar-refractivity contribution < 1.29 is 4.42 Å². The fourth-order valence-corrected chi connectivity index (χ4v) is 3.51. The molecule has 1 N–H and O–H groups in total. The lowest BCUT2D eigenvalue weighted by molar-refractivity contribution is 0.499. The quantitative estimate of drug-likeness (QED) is 0.477. The van der Waals surface area contributed by atoms with Gasteiger partial charge in [0.05, 0.1) is 6.54 Å². The van der Waals surface area contributed by atoms with Crippen LogP contribution in [0.15, 0.2) is 44.4 Å². The molecule has 2 aromatic heterocycles. The Labute approximate surface area is 153 Å². The molecule has 6 nitrogen and oxygen atoms in total. The number of tetrazole rings is 1. The van der Waals surface area contributed by atoms with Gasteiger partial charge in [0.2, 0.25) is 5.16 Å². The molecule has 126 valence electrons. The summed E-state index contributed by atoms with van der Waals surface area (Å²) < 4.78 is 8.69. The highest BCUT2D eigenvalue weighted by molar-refractivity contribution is 9.10. The third-order valence-corrected chi connectivity index (χ3v) is 5.01. The van der Waals surface area contributed by atoms with E-state index >= 15 is 0 Å². The van der Waals surface area contributed by atoms with E-state index in [0.29, 0.717) is 6.54 Å². The Bertz CT molecular complexity index is 816. The number of aromatic nitrogens is 4. The Hall–Kier alpha value is -1.64. The van der Waals surface area contributed by atoms with Crippen molar-refractivity contribution in [3.05, 3.63) is 46.1 Å². The van der Waals surface area contributed by atoms with Crippen molar-refractivity contribution in [3.63, 3.8) is 0 Å². The first-order valence-electron chi connectivity index (χ1n) is 7.54. The molecule has 0 spiro atoms. The number of nitrogens with zero attached hydrogens (tertiary/aromatic N) is 4. The zero-order valence-corrected chi connectivity index (χ0v) is 15.9. The van der Waals surface area contributed by atoms with E-state index in [2.05, 4.69) is 55.8 Å². The van der Waals surface area contributed by atoms with E-state index in [1.807, 2.05) is 25.2 Å². The Morgan fingerprint density at radius 2 is 2.17 bits per heavy atom. The summed E-state index contributed by atoms with van der Waals surface area (Å²) in [5, 5.41) is 15.6. The maximum absolute atomic E-state index is 5.94. The van der Waals surface area contributed by atoms with Crippen molar-refractivity contribution in [1.29, 1.82) is 0 Å². The third kappa shape index (κ3) is 4.25. The second kappa shape index (κ2) is 7.96. The molecule has 0 saturated heterocycles. The number of aryl methyl sites for hydroxylation is 2. The first kappa shape index (κ1) is 17.2. The molecule has 2 heterocycles. The average Bonchev–Trinajstić information content (AvgIpc) is 3.17. The van der Waals surface area contributed by atoms with Gasteiger partial charge in [-0.2, -0.15) is 0 Å². The van der Waals surface area contributed by atoms with E-state index in [1.165, 1.54) is 5.56 Å². The van der Waals surface area contributed by atoms with Gasteiger partial charge in [-0.3, -0.25) is 0 Å². The highest BCUT2D eigenvalue weighted by Crippen LogP contribution is 2.27. The number of thioether (sulfide) groups is 1. The Morgan fingerprint density at radius 3 is 2.92 bits per heavy atom. The summed E-state index contributed by atoms with van der Waals surface area (Å²) in [4.78, 5) is 0. The summed E-state index contributed by atoms with van der Waals surface area (Å²) in [7, 11) is 1.84. The first-order valence-corrected chi connectivity index (χ1v) is 9.32. The molecule has 0 saturated carbocycles. The fraction of sp³-hybridized carbons (Fsp3) is 0.312. The first-order chi connectivity index (χ1) is 11.6. The zero-order chi connectivity index (χ0) is 16.9. The van der Waals surface area contributed by atoms with Gasteiger partial charge in [0.25, 0.3) is 0 Å². The normalized spacial score (nSPS) is 11.1. The lowest BCUT2D eigenvalue weighted by atomic mass is 10.1. The summed E-state index contributed by atoms with van der Waals surface area (Å²) in [5.74, 6) is 2.72. The van der Waals surface area contributed by atoms with E-state index in [-0.39, 0.29) is 0 Å². The van der Waals surface area contributed by atoms with E-state index in [1.54, 1.807) is 16.4 Å². The minimum atomic E-state index is 0.702. The lowest BCUT2D eigenvalue weighted by Crippen LogP contribution is -2.16. The van der Waals surface area contributed by atoms with Gasteiger partial charge in [-0.05, 0) is 53.2 Å². The van der Waals surface area contributed by atoms with Crippen molar-refractivity contribution in [3.8, 4) is 11.3 Å². The van der Waals surface area contributed by atoms with Crippen LogP contribution in [0.5, 0.6) is 0 Å². The van der Waals surface area contributed by atoms with Crippen molar-refractivity contribution in [2.45, 2.75) is 18.6 Å². The zero-order valence-electron chi connectivity index (χ0n) is 13.5. The predicted octanol–water partition coefficient (Wildman–Crippen LogP) is 3.42. The van der Waals surface area contributed by atoms with Crippen LogP contribution in [0.1, 0.15) is 11.3 Å². The van der Waals surface area contributed by atoms with Crippen LogP contribution in [0.3, 0.4) is 0 Å². The maximum atomic E-state index is 5.94. The van der Waals surface area contributed by atoms with Crippen LogP contribution in [-0.4, -0.2) is 32.5 Å². The van der Waals surface area contributed by atoms with Crippen LogP contribution in [0.4, 0.5) is 0 Å². The number of furan rings is 1. The molecular weight excluding hydrogens is 390 g/mol. The standard InChI is InChI=1S/C16H18BrN5OS/c1-11-9-12(17)3-5-14(11)15-6-4-13(23-15)10-18-7-8-24-16-19-20-21-22(16)2/h3-6,9,18H,7-8,10H2,1-2H3. The molecule has 3 aromatic rings. The van der Waals surface area contributed by atoms with Gasteiger partial charge in [0.15, 0.2) is 0 Å². The minimum absolute atomic E-state index is 0.702. The molecule has 24 heavy (non-hydrogen) atoms. The number of nitrogens with one attached hydrogen (secondary N) is 1. The van der Waals surface area contributed by atoms with Crippen LogP contribution in [0, 0.1) is 6.92 Å². The largest absolute Gasteiger partial charge is 0.460 e. The Morgan fingerprint density at radius 1 is 1.29 bits per heavy atom. The van der Waals surface area contributed by atoms with Crippen LogP contribution in [0.25, 0.3) is 11.3 Å². The third-order valence-electron chi connectivity index (χ3n) is 3.51. The molecule has 0 atom stereocenters. The molecular formula is C16H18BrN5OS. The van der Waals surface area contributed by atoms with Crippen LogP contribution in [0.2, 0.25) is 0 Å². The van der Waals surface area contributed by atoms with Crippen LogP contribution >= 0.6 is 27.7 Å². The number of halogens is 1. The molecule has 0 aliphatic heterocycles. The molecule has 0 radical (unpaired) electrons. The highest BCUT2D eigenvalue weighted by Gasteiger charge is 2.08. The number of rotatable bonds is 7. The minimum Gasteiger partial charge on any atom is -0.460 e. The number of hydrogen-bond acceptors (Lipinski definition) is 6. The van der Waals surface area contributed by atoms with Gasteiger partial charge in [-0.25, -0.2) is 4.68 Å². The van der Waals surface area contributed by atoms with Crippen molar-refractivity contribution in [1.82, 2.24) is 25.5 Å². The van der Waals surface area contributed by atoms with Gasteiger partial charge in [0, 0.05) is 29.4 Å². The van der Waals surface area contributed by atoms with Gasteiger partial charge < -0.3 is 9.73 Å². The number of benzene rings is 1. The van der Waals surface area contributed by atoms with Crippen LogP contribution < -0.4 is 5.32 Å². The second-order valence-electron chi connectivity index (χ2n) is 5.34. The molecule has 0 amide bonds. The van der Waals surface area contributed by atoms with Gasteiger partial charge in [0.1, 0.15) is 11.5 Å². The molecule has 3 rings (SSSR count). The molecule has 0 aliphatic carbocycles. The van der Waals surface area contributed by atoms with E-state index in [0.717, 1.165) is 39.0 Å². The van der Waals surface area contributed by atoms with Gasteiger partial charge in [-0.1, -0.05) is 27.7 Å². The molecule has 0 fully saturated rings. The SMILES string of the molecule is Cc1cc(Br)ccc1-c1ccc(CNCCSc2nnnn2C)o1. The maximum Gasteiger partial charge on any atom is 0.209 e. The summed E-state index contributed by atoms with van der Waals surface area (Å²) in [5.41, 5.74) is 2.31. The molecule has 0 aliphatic rings. The van der Waals surface area contributed by atoms with E-state index in [9.17, 15) is 0 Å². The smallest absolute Gasteiger partial charge is 0.209 e. The highest BCUT2D eigenvalue weighted by atomic mass is 79.9. The second-order valence-corrected chi connectivity index (χ2v) is 7.31. The van der Waals surface area contributed by atoms with Crippen LogP contribution in [-0.2, 0) is 13.6 Å². The van der Waals surface area contributed by atoms with Gasteiger partial charge in [-0.15, -0.1) is 5.10 Å². The molecule has 1 aromatic carbocycles. The average molecular weight is 408 g/mol. The predicted molar refractivity (Wildman–Crippen MR) is 97.8 cm³/mol. The summed E-state index contributed by atoms with van der Waals surface area (Å²) in [6.45, 7) is 3.64. The Balaban J connectivity index is 1.48. The molecule has 0 bridgehead atoms. The fourth-order valence-electron chi connectivity index (χ4n) is 2.29. The van der Waals surface area contributed by atoms with E-state index < -0.39 is 0 Å². The monoisotopic (exact) mass is 407 g/mol. The summed E-state index contributed by atoms with van der Waals surface area (Å²) >= 11 is 5.11. The Kier molecular flexibility index (Phi) is 5.70. The number of hydrogen-bond donors (Lipinski definition) is 1. The topological polar surface area (TPSA) is 68.8 Å². The summed E-state index contributed by atoms with van der Waals surface area (Å²) in [6.07, 6.45) is 0. The lowest BCUT2D eigenvalue weighted by Gasteiger charge is -2.04. The van der Waals surface area contributed by atoms with Crippen molar-refractivity contribution >= 4 is 27.7 Å². The van der Waals surface area contributed by atoms with Crippen molar-refractivity contribution in [2.75, 3.05) is 12.3 Å². The van der Waals surface area contributed by atoms with E-state index in [4.69, 9.17) is 4.42 Å². The van der Waals surface area contributed by atoms with Gasteiger partial charge >= 0.3 is 0 Å².